The van der Waals surface area contributed by atoms with Gasteiger partial charge in [0.1, 0.15) is 0 Å². The minimum Gasteiger partial charge on any atom is -0.399 e. The molecular formula is C21H26N2. The Morgan fingerprint density at radius 2 is 1.87 bits per heavy atom. The van der Waals surface area contributed by atoms with Crippen molar-refractivity contribution < 1.29 is 0 Å². The van der Waals surface area contributed by atoms with E-state index in [1.165, 1.54) is 36.0 Å². The summed E-state index contributed by atoms with van der Waals surface area (Å²) in [5.74, 6) is 1.27. The molecule has 3 N–H and O–H groups in total. The highest BCUT2D eigenvalue weighted by Crippen LogP contribution is 2.52. The van der Waals surface area contributed by atoms with Crippen LogP contribution in [0.2, 0.25) is 0 Å². The van der Waals surface area contributed by atoms with Gasteiger partial charge in [-0.3, -0.25) is 0 Å². The van der Waals surface area contributed by atoms with Gasteiger partial charge >= 0.3 is 0 Å². The van der Waals surface area contributed by atoms with Gasteiger partial charge in [0.2, 0.25) is 0 Å². The monoisotopic (exact) mass is 306 g/mol. The van der Waals surface area contributed by atoms with Crippen molar-refractivity contribution in [2.75, 3.05) is 18.8 Å². The zero-order valence-electron chi connectivity index (χ0n) is 13.9. The fraction of sp³-hybridized carbons (Fsp3) is 0.429. The molecule has 0 radical (unpaired) electrons. The molecule has 1 aromatic carbocycles. The van der Waals surface area contributed by atoms with Crippen molar-refractivity contribution in [2.45, 2.75) is 26.2 Å². The van der Waals surface area contributed by atoms with Crippen molar-refractivity contribution in [3.63, 3.8) is 0 Å². The molecule has 0 aromatic heterocycles. The Morgan fingerprint density at radius 1 is 1.13 bits per heavy atom. The Balaban J connectivity index is 1.82. The van der Waals surface area contributed by atoms with Crippen molar-refractivity contribution in [1.29, 1.82) is 0 Å². The maximum atomic E-state index is 5.89. The number of allylic oxidation sites excluding steroid dienone is 6. The molecular weight excluding hydrogens is 280 g/mol. The van der Waals surface area contributed by atoms with Crippen LogP contribution in [0.25, 0.3) is 5.57 Å². The standard InChI is InChI=1S/C21H26N2/c1-15-3-2-4-18-19(15)13-21(9-11-23-12-10-21)14-20(18)16-5-7-17(22)8-6-16/h2-8,14-15,19,23H,9-13,22H2,1H3. The molecule has 23 heavy (non-hydrogen) atoms. The van der Waals surface area contributed by atoms with Gasteiger partial charge in [-0.25, -0.2) is 0 Å². The molecule has 3 aliphatic rings. The second kappa shape index (κ2) is 5.68. The minimum absolute atomic E-state index is 0.365. The number of nitrogen functional groups attached to an aromatic ring is 1. The summed E-state index contributed by atoms with van der Waals surface area (Å²) in [6, 6.07) is 8.42. The summed E-state index contributed by atoms with van der Waals surface area (Å²) in [5, 5.41) is 3.53. The van der Waals surface area contributed by atoms with Crippen LogP contribution in [0.3, 0.4) is 0 Å². The molecule has 1 spiro atoms. The van der Waals surface area contributed by atoms with E-state index in [4.69, 9.17) is 5.73 Å². The molecule has 2 nitrogen and oxygen atoms in total. The molecule has 0 amide bonds. The zero-order chi connectivity index (χ0) is 15.9. The Labute approximate surface area is 139 Å². The van der Waals surface area contributed by atoms with Gasteiger partial charge in [0, 0.05) is 5.69 Å². The third-order valence-electron chi connectivity index (χ3n) is 5.93. The first-order valence-electron chi connectivity index (χ1n) is 8.85. The Kier molecular flexibility index (Phi) is 3.65. The van der Waals surface area contributed by atoms with E-state index in [1.54, 1.807) is 0 Å². The normalized spacial score (nSPS) is 28.9. The third-order valence-corrected chi connectivity index (χ3v) is 5.93. The lowest BCUT2D eigenvalue weighted by molar-refractivity contribution is 0.202. The molecule has 2 aliphatic carbocycles. The fourth-order valence-electron chi connectivity index (χ4n) is 4.53. The first-order valence-corrected chi connectivity index (χ1v) is 8.85. The van der Waals surface area contributed by atoms with Crippen molar-refractivity contribution in [2.24, 2.45) is 17.3 Å². The van der Waals surface area contributed by atoms with E-state index >= 15 is 0 Å². The lowest BCUT2D eigenvalue weighted by atomic mass is 9.61. The molecule has 2 heteroatoms. The first kappa shape index (κ1) is 14.8. The topological polar surface area (TPSA) is 38.0 Å². The molecule has 2 unspecified atom stereocenters. The van der Waals surface area contributed by atoms with Crippen LogP contribution in [-0.4, -0.2) is 13.1 Å². The predicted molar refractivity (Wildman–Crippen MR) is 97.9 cm³/mol. The number of rotatable bonds is 1. The van der Waals surface area contributed by atoms with E-state index in [1.807, 2.05) is 12.1 Å². The van der Waals surface area contributed by atoms with Gasteiger partial charge in [0.15, 0.2) is 0 Å². The SMILES string of the molecule is CC1C=CC=C2C(c3ccc(N)cc3)=CC3(CCNCC3)CC21. The number of piperidine rings is 1. The van der Waals surface area contributed by atoms with Crippen LogP contribution in [-0.2, 0) is 0 Å². The zero-order valence-corrected chi connectivity index (χ0v) is 13.9. The lowest BCUT2D eigenvalue weighted by Gasteiger charge is -2.45. The third kappa shape index (κ3) is 2.66. The summed E-state index contributed by atoms with van der Waals surface area (Å²) in [6.45, 7) is 4.65. The smallest absolute Gasteiger partial charge is 0.0314 e. The molecule has 0 saturated carbocycles. The molecule has 1 heterocycles. The Morgan fingerprint density at radius 3 is 2.61 bits per heavy atom. The van der Waals surface area contributed by atoms with Crippen molar-refractivity contribution in [3.8, 4) is 0 Å². The maximum absolute atomic E-state index is 5.89. The number of nitrogens with one attached hydrogen (secondary N) is 1. The van der Waals surface area contributed by atoms with Gasteiger partial charge in [-0.05, 0) is 78.4 Å². The van der Waals surface area contributed by atoms with Crippen LogP contribution >= 0.6 is 0 Å². The largest absolute Gasteiger partial charge is 0.399 e. The van der Waals surface area contributed by atoms with E-state index in [-0.39, 0.29) is 0 Å². The summed E-state index contributed by atoms with van der Waals surface area (Å²) in [5.41, 5.74) is 11.4. The van der Waals surface area contributed by atoms with Crippen LogP contribution in [0.15, 0.2) is 54.1 Å². The van der Waals surface area contributed by atoms with Crippen molar-refractivity contribution in [3.05, 3.63) is 59.7 Å². The van der Waals surface area contributed by atoms with Gasteiger partial charge < -0.3 is 11.1 Å². The van der Waals surface area contributed by atoms with Gasteiger partial charge in [0.25, 0.3) is 0 Å². The number of hydrogen-bond acceptors (Lipinski definition) is 2. The van der Waals surface area contributed by atoms with E-state index in [0.717, 1.165) is 18.8 Å². The number of hydrogen-bond donors (Lipinski definition) is 2. The summed E-state index contributed by atoms with van der Waals surface area (Å²) >= 11 is 0. The average Bonchev–Trinajstić information content (AvgIpc) is 2.57. The lowest BCUT2D eigenvalue weighted by Crippen LogP contribution is -2.40. The second-order valence-corrected chi connectivity index (χ2v) is 7.47. The Bertz CT molecular complexity index is 672. The van der Waals surface area contributed by atoms with Crippen molar-refractivity contribution in [1.82, 2.24) is 5.32 Å². The molecule has 1 aromatic rings. The molecule has 2 atom stereocenters. The molecule has 4 rings (SSSR count). The number of benzene rings is 1. The summed E-state index contributed by atoms with van der Waals surface area (Å²) in [4.78, 5) is 0. The number of anilines is 1. The van der Waals surface area contributed by atoms with Crippen LogP contribution < -0.4 is 11.1 Å². The fourth-order valence-corrected chi connectivity index (χ4v) is 4.53. The van der Waals surface area contributed by atoms with Crippen LogP contribution in [0.5, 0.6) is 0 Å². The second-order valence-electron chi connectivity index (χ2n) is 7.47. The summed E-state index contributed by atoms with van der Waals surface area (Å²) in [6.07, 6.45) is 13.3. The van der Waals surface area contributed by atoms with Crippen LogP contribution in [0, 0.1) is 17.3 Å². The van der Waals surface area contributed by atoms with Gasteiger partial charge in [-0.15, -0.1) is 0 Å². The minimum atomic E-state index is 0.365. The average molecular weight is 306 g/mol. The van der Waals surface area contributed by atoms with Crippen LogP contribution in [0.1, 0.15) is 31.7 Å². The first-order chi connectivity index (χ1) is 11.2. The molecule has 0 bridgehead atoms. The molecule has 120 valence electrons. The van der Waals surface area contributed by atoms with Crippen LogP contribution in [0.4, 0.5) is 5.69 Å². The van der Waals surface area contributed by atoms with E-state index < -0.39 is 0 Å². The maximum Gasteiger partial charge on any atom is 0.0314 e. The predicted octanol–water partition coefficient (Wildman–Crippen LogP) is 4.17. The number of nitrogens with two attached hydrogens (primary N) is 1. The number of fused-ring (bicyclic) bond motifs is 1. The van der Waals surface area contributed by atoms with E-state index in [2.05, 4.69) is 48.7 Å². The Hall–Kier alpha value is -1.80. The summed E-state index contributed by atoms with van der Waals surface area (Å²) in [7, 11) is 0. The van der Waals surface area contributed by atoms with Gasteiger partial charge in [-0.2, -0.15) is 0 Å². The highest BCUT2D eigenvalue weighted by molar-refractivity contribution is 5.82. The highest BCUT2D eigenvalue weighted by Gasteiger charge is 2.40. The van der Waals surface area contributed by atoms with Gasteiger partial charge in [-0.1, -0.05) is 43.4 Å². The van der Waals surface area contributed by atoms with Crippen molar-refractivity contribution >= 4 is 11.3 Å². The van der Waals surface area contributed by atoms with Gasteiger partial charge in [0.05, 0.1) is 0 Å². The van der Waals surface area contributed by atoms with E-state index in [9.17, 15) is 0 Å². The van der Waals surface area contributed by atoms with E-state index in [0.29, 0.717) is 17.3 Å². The quantitative estimate of drug-likeness (QED) is 0.764. The highest BCUT2D eigenvalue weighted by atomic mass is 14.9. The molecule has 1 aliphatic heterocycles. The molecule has 1 saturated heterocycles. The summed E-state index contributed by atoms with van der Waals surface area (Å²) < 4.78 is 0. The molecule has 1 fully saturated rings.